The molecule has 1 heterocycles. The van der Waals surface area contributed by atoms with Crippen molar-refractivity contribution in [2.75, 3.05) is 5.32 Å². The summed E-state index contributed by atoms with van der Waals surface area (Å²) in [7, 11) is 0. The van der Waals surface area contributed by atoms with Gasteiger partial charge < -0.3 is 9.73 Å². The Morgan fingerprint density at radius 2 is 1.79 bits per heavy atom. The minimum atomic E-state index is -0.135. The van der Waals surface area contributed by atoms with Gasteiger partial charge in [0.15, 0.2) is 5.58 Å². The van der Waals surface area contributed by atoms with E-state index in [0.29, 0.717) is 17.1 Å². The molecule has 1 N–H and O–H groups in total. The van der Waals surface area contributed by atoms with Gasteiger partial charge in [0.2, 0.25) is 5.89 Å². The summed E-state index contributed by atoms with van der Waals surface area (Å²) in [4.78, 5) is 17.3. The maximum atomic E-state index is 12.7. The van der Waals surface area contributed by atoms with Crippen LogP contribution >= 0.6 is 45.2 Å². The minimum Gasteiger partial charge on any atom is -0.436 e. The first kappa shape index (κ1) is 19.4. The van der Waals surface area contributed by atoms with Gasteiger partial charge in [-0.1, -0.05) is 6.07 Å². The summed E-state index contributed by atoms with van der Waals surface area (Å²) in [5.74, 6) is 0.406. The number of anilines is 1. The SMILES string of the molecule is Cc1cc2nc(-c3cccc(NC(=O)c4cc(I)ccc4I)c3)oc2cc1C. The van der Waals surface area contributed by atoms with E-state index < -0.39 is 0 Å². The zero-order valence-corrected chi connectivity index (χ0v) is 19.5. The number of oxazole rings is 1. The van der Waals surface area contributed by atoms with Crippen LogP contribution in [0.1, 0.15) is 21.5 Å². The zero-order chi connectivity index (χ0) is 19.8. The second-order valence-corrected chi connectivity index (χ2v) is 8.99. The van der Waals surface area contributed by atoms with Crippen LogP contribution in [0.25, 0.3) is 22.6 Å². The third-order valence-electron chi connectivity index (χ3n) is 4.54. The Bertz CT molecular complexity index is 1180. The number of aryl methyl sites for hydroxylation is 2. The summed E-state index contributed by atoms with van der Waals surface area (Å²) in [6.45, 7) is 4.12. The fraction of sp³-hybridized carbons (Fsp3) is 0.0909. The van der Waals surface area contributed by atoms with Gasteiger partial charge in [-0.05, 0) is 119 Å². The second-order valence-electron chi connectivity index (χ2n) is 6.58. The number of fused-ring (bicyclic) bond motifs is 1. The number of benzene rings is 3. The molecule has 0 aliphatic rings. The highest BCUT2D eigenvalue weighted by Crippen LogP contribution is 2.28. The summed E-state index contributed by atoms with van der Waals surface area (Å²) in [6, 6.07) is 17.4. The van der Waals surface area contributed by atoms with Crippen molar-refractivity contribution in [3.63, 3.8) is 0 Å². The molecule has 4 rings (SSSR count). The van der Waals surface area contributed by atoms with Crippen LogP contribution < -0.4 is 5.32 Å². The van der Waals surface area contributed by atoms with Crippen LogP contribution in [0.4, 0.5) is 5.69 Å². The molecule has 4 nitrogen and oxygen atoms in total. The van der Waals surface area contributed by atoms with Crippen molar-refractivity contribution in [2.45, 2.75) is 13.8 Å². The van der Waals surface area contributed by atoms with Crippen LogP contribution in [0, 0.1) is 21.0 Å². The van der Waals surface area contributed by atoms with Gasteiger partial charge in [0.1, 0.15) is 5.52 Å². The standard InChI is InChI=1S/C22H16I2N2O2/c1-12-8-19-20(9-13(12)2)28-22(26-19)14-4-3-5-16(10-14)25-21(27)17-11-15(23)6-7-18(17)24/h3-11H,1-2H3,(H,25,27). The Kier molecular flexibility index (Phi) is 5.42. The lowest BCUT2D eigenvalue weighted by Crippen LogP contribution is -2.13. The lowest BCUT2D eigenvalue weighted by atomic mass is 10.1. The van der Waals surface area contributed by atoms with Crippen molar-refractivity contribution in [1.82, 2.24) is 4.98 Å². The van der Waals surface area contributed by atoms with Gasteiger partial charge in [-0.15, -0.1) is 0 Å². The van der Waals surface area contributed by atoms with E-state index in [4.69, 9.17) is 4.42 Å². The summed E-state index contributed by atoms with van der Waals surface area (Å²) < 4.78 is 7.88. The number of amides is 1. The fourth-order valence-corrected chi connectivity index (χ4v) is 3.97. The highest BCUT2D eigenvalue weighted by molar-refractivity contribution is 14.1. The molecular weight excluding hydrogens is 578 g/mol. The van der Waals surface area contributed by atoms with Crippen LogP contribution in [0.15, 0.2) is 59.0 Å². The monoisotopic (exact) mass is 594 g/mol. The molecule has 0 atom stereocenters. The van der Waals surface area contributed by atoms with E-state index in [1.807, 2.05) is 54.6 Å². The third-order valence-corrected chi connectivity index (χ3v) is 6.16. The predicted molar refractivity (Wildman–Crippen MR) is 129 cm³/mol. The topological polar surface area (TPSA) is 55.1 Å². The second kappa shape index (κ2) is 7.82. The number of hydrogen-bond acceptors (Lipinski definition) is 3. The van der Waals surface area contributed by atoms with E-state index in [2.05, 4.69) is 69.3 Å². The fourth-order valence-electron chi connectivity index (χ4n) is 2.90. The van der Waals surface area contributed by atoms with E-state index in [0.717, 1.165) is 23.8 Å². The van der Waals surface area contributed by atoms with E-state index in [1.54, 1.807) is 0 Å². The van der Waals surface area contributed by atoms with Gasteiger partial charge in [0.05, 0.1) is 5.56 Å². The zero-order valence-electron chi connectivity index (χ0n) is 15.2. The smallest absolute Gasteiger partial charge is 0.256 e. The summed E-state index contributed by atoms with van der Waals surface area (Å²) in [5, 5.41) is 2.97. The molecule has 0 radical (unpaired) electrons. The number of halogens is 2. The number of hydrogen-bond donors (Lipinski definition) is 1. The van der Waals surface area contributed by atoms with Crippen LogP contribution in [0.2, 0.25) is 0 Å². The van der Waals surface area contributed by atoms with Crippen LogP contribution in [0.3, 0.4) is 0 Å². The lowest BCUT2D eigenvalue weighted by molar-refractivity contribution is 0.102. The summed E-state index contributed by atoms with van der Waals surface area (Å²) >= 11 is 4.38. The molecule has 140 valence electrons. The average Bonchev–Trinajstić information content (AvgIpc) is 3.07. The molecule has 0 unspecified atom stereocenters. The molecule has 1 aromatic heterocycles. The van der Waals surface area contributed by atoms with Crippen molar-refractivity contribution in [2.24, 2.45) is 0 Å². The number of nitrogens with one attached hydrogen (secondary N) is 1. The number of carbonyl (C=O) groups excluding carboxylic acids is 1. The third kappa shape index (κ3) is 3.93. The van der Waals surface area contributed by atoms with Crippen molar-refractivity contribution in [3.05, 3.63) is 78.4 Å². The van der Waals surface area contributed by atoms with Gasteiger partial charge in [-0.2, -0.15) is 0 Å². The molecule has 1 amide bonds. The molecular formula is C22H16I2N2O2. The van der Waals surface area contributed by atoms with Gasteiger partial charge in [0.25, 0.3) is 5.91 Å². The minimum absolute atomic E-state index is 0.135. The van der Waals surface area contributed by atoms with E-state index in [1.165, 1.54) is 11.1 Å². The Labute approximate surface area is 190 Å². The largest absolute Gasteiger partial charge is 0.436 e. The van der Waals surface area contributed by atoms with E-state index in [9.17, 15) is 4.79 Å². The molecule has 0 aliphatic heterocycles. The van der Waals surface area contributed by atoms with E-state index in [-0.39, 0.29) is 5.91 Å². The van der Waals surface area contributed by atoms with Crippen LogP contribution in [-0.2, 0) is 0 Å². The maximum Gasteiger partial charge on any atom is 0.256 e. The molecule has 0 saturated heterocycles. The maximum absolute atomic E-state index is 12.7. The molecule has 0 fully saturated rings. The molecule has 0 bridgehead atoms. The number of aromatic nitrogens is 1. The molecule has 0 spiro atoms. The molecule has 0 saturated carbocycles. The predicted octanol–water partition coefficient (Wildman–Crippen LogP) is 6.57. The first-order valence-electron chi connectivity index (χ1n) is 8.65. The molecule has 4 aromatic rings. The highest BCUT2D eigenvalue weighted by atomic mass is 127. The Hall–Kier alpha value is -1.94. The van der Waals surface area contributed by atoms with Crippen molar-refractivity contribution in [1.29, 1.82) is 0 Å². The first-order chi connectivity index (χ1) is 13.4. The number of carbonyl (C=O) groups is 1. The number of rotatable bonds is 3. The van der Waals surface area contributed by atoms with Crippen molar-refractivity contribution >= 4 is 67.9 Å². The van der Waals surface area contributed by atoms with Gasteiger partial charge in [-0.25, -0.2) is 4.98 Å². The average molecular weight is 594 g/mol. The van der Waals surface area contributed by atoms with Crippen LogP contribution in [-0.4, -0.2) is 10.9 Å². The molecule has 3 aromatic carbocycles. The highest BCUT2D eigenvalue weighted by Gasteiger charge is 2.13. The normalized spacial score (nSPS) is 11.0. The lowest BCUT2D eigenvalue weighted by Gasteiger charge is -2.08. The molecule has 28 heavy (non-hydrogen) atoms. The molecule has 0 aliphatic carbocycles. The van der Waals surface area contributed by atoms with Gasteiger partial charge in [-0.3, -0.25) is 4.79 Å². The van der Waals surface area contributed by atoms with Gasteiger partial charge >= 0.3 is 0 Å². The summed E-state index contributed by atoms with van der Waals surface area (Å²) in [5.41, 5.74) is 6.13. The van der Waals surface area contributed by atoms with Crippen molar-refractivity contribution < 1.29 is 9.21 Å². The quantitative estimate of drug-likeness (QED) is 0.273. The first-order valence-corrected chi connectivity index (χ1v) is 10.8. The van der Waals surface area contributed by atoms with Crippen molar-refractivity contribution in [3.8, 4) is 11.5 Å². The Morgan fingerprint density at radius 3 is 2.61 bits per heavy atom. The Balaban J connectivity index is 1.64. The van der Waals surface area contributed by atoms with E-state index >= 15 is 0 Å². The van der Waals surface area contributed by atoms with Crippen LogP contribution in [0.5, 0.6) is 0 Å². The van der Waals surface area contributed by atoms with Gasteiger partial charge in [0, 0.05) is 18.4 Å². The Morgan fingerprint density at radius 1 is 1.00 bits per heavy atom. The summed E-state index contributed by atoms with van der Waals surface area (Å²) in [6.07, 6.45) is 0. The number of nitrogens with zero attached hydrogens (tertiary/aromatic N) is 1. The molecule has 6 heteroatoms.